The van der Waals surface area contributed by atoms with E-state index in [1.54, 1.807) is 49.2 Å². The van der Waals surface area contributed by atoms with E-state index in [0.29, 0.717) is 50.1 Å². The molecule has 4 rings (SSSR count). The van der Waals surface area contributed by atoms with Gasteiger partial charge in [0.2, 0.25) is 5.95 Å². The van der Waals surface area contributed by atoms with Gasteiger partial charge in [0.15, 0.2) is 0 Å². The quantitative estimate of drug-likeness (QED) is 0.728. The van der Waals surface area contributed by atoms with Crippen LogP contribution in [0, 0.1) is 0 Å². The van der Waals surface area contributed by atoms with E-state index in [1.807, 2.05) is 17.0 Å². The monoisotopic (exact) mass is 375 g/mol. The fourth-order valence-electron chi connectivity index (χ4n) is 3.10. The van der Waals surface area contributed by atoms with Gasteiger partial charge in [-0.15, -0.1) is 0 Å². The van der Waals surface area contributed by atoms with Gasteiger partial charge in [-0.25, -0.2) is 15.0 Å². The topological polar surface area (TPSA) is 87.1 Å². The number of aromatic nitrogens is 4. The average Bonchev–Trinajstić information content (AvgIpc) is 2.79. The maximum absolute atomic E-state index is 12.9. The van der Waals surface area contributed by atoms with E-state index in [0.717, 1.165) is 5.56 Å². The number of nitrogens with one attached hydrogen (secondary N) is 1. The lowest BCUT2D eigenvalue weighted by Gasteiger charge is -2.34. The van der Waals surface area contributed by atoms with Crippen LogP contribution in [0.2, 0.25) is 0 Å². The van der Waals surface area contributed by atoms with Crippen molar-refractivity contribution >= 4 is 17.7 Å². The number of rotatable bonds is 5. The van der Waals surface area contributed by atoms with Gasteiger partial charge in [-0.05, 0) is 29.8 Å². The molecule has 142 valence electrons. The molecular weight excluding hydrogens is 354 g/mol. The summed E-state index contributed by atoms with van der Waals surface area (Å²) in [5, 5.41) is 3.24. The van der Waals surface area contributed by atoms with Gasteiger partial charge in [-0.1, -0.05) is 6.07 Å². The number of piperazine rings is 1. The van der Waals surface area contributed by atoms with E-state index in [4.69, 9.17) is 0 Å². The standard InChI is InChI=1S/C20H21N7O/c28-19(26-9-11-27(12-10-26)20-23-6-2-7-24-20)17-4-8-22-18(13-17)25-15-16-3-1-5-21-14-16/h1-8,13-14H,9-12,15H2,(H,22,25). The summed E-state index contributed by atoms with van der Waals surface area (Å²) in [7, 11) is 0. The lowest BCUT2D eigenvalue weighted by Crippen LogP contribution is -2.49. The Morgan fingerprint density at radius 2 is 1.79 bits per heavy atom. The van der Waals surface area contributed by atoms with Crippen molar-refractivity contribution in [1.29, 1.82) is 0 Å². The van der Waals surface area contributed by atoms with E-state index >= 15 is 0 Å². The van der Waals surface area contributed by atoms with Gasteiger partial charge in [-0.2, -0.15) is 0 Å². The molecule has 0 aliphatic carbocycles. The minimum Gasteiger partial charge on any atom is -0.366 e. The summed E-state index contributed by atoms with van der Waals surface area (Å²) in [6.45, 7) is 3.31. The molecule has 4 heterocycles. The molecular formula is C20H21N7O. The van der Waals surface area contributed by atoms with Crippen molar-refractivity contribution in [1.82, 2.24) is 24.8 Å². The van der Waals surface area contributed by atoms with Gasteiger partial charge >= 0.3 is 0 Å². The Labute approximate surface area is 163 Å². The van der Waals surface area contributed by atoms with E-state index in [9.17, 15) is 4.79 Å². The van der Waals surface area contributed by atoms with Crippen molar-refractivity contribution in [2.24, 2.45) is 0 Å². The molecule has 3 aromatic rings. The molecule has 1 saturated heterocycles. The Morgan fingerprint density at radius 1 is 0.964 bits per heavy atom. The third kappa shape index (κ3) is 4.22. The second kappa shape index (κ2) is 8.43. The second-order valence-electron chi connectivity index (χ2n) is 6.47. The van der Waals surface area contributed by atoms with Gasteiger partial charge < -0.3 is 15.1 Å². The average molecular weight is 375 g/mol. The molecule has 1 aliphatic rings. The Morgan fingerprint density at radius 3 is 2.54 bits per heavy atom. The lowest BCUT2D eigenvalue weighted by molar-refractivity contribution is 0.0746. The molecule has 0 atom stereocenters. The highest BCUT2D eigenvalue weighted by Crippen LogP contribution is 2.15. The molecule has 1 amide bonds. The Balaban J connectivity index is 1.36. The molecule has 3 aromatic heterocycles. The van der Waals surface area contributed by atoms with Crippen molar-refractivity contribution in [2.45, 2.75) is 6.54 Å². The van der Waals surface area contributed by atoms with Crippen LogP contribution in [-0.4, -0.2) is 56.9 Å². The molecule has 0 radical (unpaired) electrons. The number of pyridine rings is 2. The van der Waals surface area contributed by atoms with Gasteiger partial charge in [-0.3, -0.25) is 9.78 Å². The summed E-state index contributed by atoms with van der Waals surface area (Å²) in [4.78, 5) is 33.8. The first-order valence-corrected chi connectivity index (χ1v) is 9.20. The molecule has 0 spiro atoms. The van der Waals surface area contributed by atoms with Crippen LogP contribution in [0.3, 0.4) is 0 Å². The molecule has 8 nitrogen and oxygen atoms in total. The molecule has 0 aromatic carbocycles. The van der Waals surface area contributed by atoms with Crippen LogP contribution in [0.1, 0.15) is 15.9 Å². The van der Waals surface area contributed by atoms with Crippen LogP contribution in [0.25, 0.3) is 0 Å². The van der Waals surface area contributed by atoms with Crippen LogP contribution in [0.5, 0.6) is 0 Å². The summed E-state index contributed by atoms with van der Waals surface area (Å²) in [6.07, 6.45) is 8.67. The van der Waals surface area contributed by atoms with Crippen molar-refractivity contribution in [3.8, 4) is 0 Å². The number of anilines is 2. The molecule has 0 bridgehead atoms. The molecule has 28 heavy (non-hydrogen) atoms. The zero-order chi connectivity index (χ0) is 19.2. The van der Waals surface area contributed by atoms with Crippen LogP contribution in [0.15, 0.2) is 61.3 Å². The highest BCUT2D eigenvalue weighted by Gasteiger charge is 2.23. The van der Waals surface area contributed by atoms with Crippen molar-refractivity contribution < 1.29 is 4.79 Å². The smallest absolute Gasteiger partial charge is 0.254 e. The number of amides is 1. The van der Waals surface area contributed by atoms with Crippen molar-refractivity contribution in [3.05, 3.63) is 72.4 Å². The van der Waals surface area contributed by atoms with Gasteiger partial charge in [0, 0.05) is 69.3 Å². The molecule has 1 aliphatic heterocycles. The predicted molar refractivity (Wildman–Crippen MR) is 106 cm³/mol. The van der Waals surface area contributed by atoms with Gasteiger partial charge in [0.25, 0.3) is 5.91 Å². The van der Waals surface area contributed by atoms with Gasteiger partial charge in [0.05, 0.1) is 0 Å². The van der Waals surface area contributed by atoms with Crippen LogP contribution in [-0.2, 0) is 6.54 Å². The number of hydrogen-bond donors (Lipinski definition) is 1. The summed E-state index contributed by atoms with van der Waals surface area (Å²) in [5.41, 5.74) is 1.69. The Kier molecular flexibility index (Phi) is 5.37. The number of nitrogens with zero attached hydrogens (tertiary/aromatic N) is 6. The molecule has 1 fully saturated rings. The Hall–Kier alpha value is -3.55. The first-order valence-electron chi connectivity index (χ1n) is 9.20. The van der Waals surface area contributed by atoms with E-state index < -0.39 is 0 Å². The largest absolute Gasteiger partial charge is 0.366 e. The summed E-state index contributed by atoms with van der Waals surface area (Å²) >= 11 is 0. The maximum atomic E-state index is 12.9. The first kappa shape index (κ1) is 17.8. The first-order chi connectivity index (χ1) is 13.8. The Bertz CT molecular complexity index is 912. The summed E-state index contributed by atoms with van der Waals surface area (Å²) in [6, 6.07) is 9.23. The van der Waals surface area contributed by atoms with Gasteiger partial charge in [0.1, 0.15) is 5.82 Å². The maximum Gasteiger partial charge on any atom is 0.254 e. The predicted octanol–water partition coefficient (Wildman–Crippen LogP) is 1.84. The fraction of sp³-hybridized carbons (Fsp3) is 0.250. The van der Waals surface area contributed by atoms with E-state index in [-0.39, 0.29) is 5.91 Å². The zero-order valence-corrected chi connectivity index (χ0v) is 15.4. The SMILES string of the molecule is O=C(c1ccnc(NCc2cccnc2)c1)N1CCN(c2ncccn2)CC1. The van der Waals surface area contributed by atoms with E-state index in [1.165, 1.54) is 0 Å². The number of hydrogen-bond acceptors (Lipinski definition) is 7. The van der Waals surface area contributed by atoms with Crippen LogP contribution in [0.4, 0.5) is 11.8 Å². The molecule has 0 saturated carbocycles. The lowest BCUT2D eigenvalue weighted by atomic mass is 10.2. The van der Waals surface area contributed by atoms with Crippen molar-refractivity contribution in [2.75, 3.05) is 36.4 Å². The molecule has 0 unspecified atom stereocenters. The molecule has 1 N–H and O–H groups in total. The highest BCUT2D eigenvalue weighted by atomic mass is 16.2. The third-order valence-corrected chi connectivity index (χ3v) is 4.61. The molecule has 8 heteroatoms. The number of carbonyl (C=O) groups is 1. The zero-order valence-electron chi connectivity index (χ0n) is 15.4. The minimum atomic E-state index is 0.0143. The number of carbonyl (C=O) groups excluding carboxylic acids is 1. The van der Waals surface area contributed by atoms with E-state index in [2.05, 4.69) is 30.2 Å². The second-order valence-corrected chi connectivity index (χ2v) is 6.47. The highest BCUT2D eigenvalue weighted by molar-refractivity contribution is 5.95. The fourth-order valence-corrected chi connectivity index (χ4v) is 3.10. The van der Waals surface area contributed by atoms with Crippen LogP contribution < -0.4 is 10.2 Å². The van der Waals surface area contributed by atoms with Crippen LogP contribution >= 0.6 is 0 Å². The summed E-state index contributed by atoms with van der Waals surface area (Å²) in [5.74, 6) is 1.40. The third-order valence-electron chi connectivity index (χ3n) is 4.61. The summed E-state index contributed by atoms with van der Waals surface area (Å²) < 4.78 is 0. The minimum absolute atomic E-state index is 0.0143. The normalized spacial score (nSPS) is 14.0. The van der Waals surface area contributed by atoms with Crippen molar-refractivity contribution in [3.63, 3.8) is 0 Å².